The van der Waals surface area contributed by atoms with Gasteiger partial charge in [0, 0.05) is 30.0 Å². The van der Waals surface area contributed by atoms with Crippen molar-refractivity contribution in [1.29, 1.82) is 0 Å². The zero-order valence-electron chi connectivity index (χ0n) is 15.0. The molecule has 2 aromatic heterocycles. The number of aromatic nitrogens is 4. The van der Waals surface area contributed by atoms with Crippen LogP contribution < -0.4 is 0 Å². The second kappa shape index (κ2) is 8.57. The van der Waals surface area contributed by atoms with E-state index in [9.17, 15) is 4.79 Å². The van der Waals surface area contributed by atoms with Gasteiger partial charge in [-0.15, -0.1) is 0 Å². The molecular weight excluding hydrogens is 426 g/mol. The Labute approximate surface area is 170 Å². The van der Waals surface area contributed by atoms with Crippen molar-refractivity contribution in [3.63, 3.8) is 0 Å². The van der Waals surface area contributed by atoms with Gasteiger partial charge in [-0.05, 0) is 40.9 Å². The minimum Gasteiger partial charge on any atom is -0.368 e. The zero-order chi connectivity index (χ0) is 19.3. The van der Waals surface area contributed by atoms with Crippen LogP contribution in [-0.2, 0) is 11.3 Å². The third-order valence-corrected chi connectivity index (χ3v) is 5.23. The average molecular weight is 444 g/mol. The number of hydrogen-bond donors (Lipinski definition) is 0. The van der Waals surface area contributed by atoms with E-state index in [4.69, 9.17) is 9.26 Å². The summed E-state index contributed by atoms with van der Waals surface area (Å²) in [5.74, 6) is 0.823. The van der Waals surface area contributed by atoms with Crippen molar-refractivity contribution in [3.05, 3.63) is 58.8 Å². The van der Waals surface area contributed by atoms with Crippen LogP contribution in [0, 0.1) is 0 Å². The van der Waals surface area contributed by atoms with Crippen LogP contribution in [0.4, 0.5) is 0 Å². The largest absolute Gasteiger partial charge is 0.368 e. The van der Waals surface area contributed by atoms with E-state index < -0.39 is 0 Å². The minimum atomic E-state index is 0.0384. The zero-order valence-corrected chi connectivity index (χ0v) is 16.6. The van der Waals surface area contributed by atoms with Crippen molar-refractivity contribution < 1.29 is 14.1 Å². The van der Waals surface area contributed by atoms with Crippen LogP contribution in [0.25, 0.3) is 11.5 Å². The molecule has 28 heavy (non-hydrogen) atoms. The van der Waals surface area contributed by atoms with Gasteiger partial charge in [0.25, 0.3) is 11.8 Å². The van der Waals surface area contributed by atoms with Crippen LogP contribution in [0.5, 0.6) is 0 Å². The molecule has 0 N–H and O–H groups in total. The molecule has 0 unspecified atom stereocenters. The summed E-state index contributed by atoms with van der Waals surface area (Å²) in [5, 5.41) is 3.90. The Morgan fingerprint density at radius 1 is 1.25 bits per heavy atom. The number of likely N-dealkylation sites (tertiary alicyclic amines) is 1. The van der Waals surface area contributed by atoms with Gasteiger partial charge in [0.1, 0.15) is 12.3 Å². The second-order valence-electron chi connectivity index (χ2n) is 6.38. The van der Waals surface area contributed by atoms with Crippen LogP contribution in [0.2, 0.25) is 0 Å². The Morgan fingerprint density at radius 3 is 2.82 bits per heavy atom. The van der Waals surface area contributed by atoms with E-state index >= 15 is 0 Å². The molecule has 0 radical (unpaired) electrons. The van der Waals surface area contributed by atoms with Crippen LogP contribution in [0.3, 0.4) is 0 Å². The number of piperidine rings is 1. The first-order valence-corrected chi connectivity index (χ1v) is 9.74. The molecule has 1 aliphatic heterocycles. The maximum absolute atomic E-state index is 12.7. The Kier molecular flexibility index (Phi) is 5.73. The van der Waals surface area contributed by atoms with E-state index in [2.05, 4.69) is 36.0 Å². The van der Waals surface area contributed by atoms with E-state index in [1.165, 1.54) is 0 Å². The van der Waals surface area contributed by atoms with Gasteiger partial charge in [-0.25, -0.2) is 4.98 Å². The molecule has 0 saturated carbocycles. The van der Waals surface area contributed by atoms with Gasteiger partial charge in [0.15, 0.2) is 0 Å². The lowest BCUT2D eigenvalue weighted by atomic mass is 10.1. The molecule has 1 saturated heterocycles. The van der Waals surface area contributed by atoms with Crippen LogP contribution in [0.15, 0.2) is 51.9 Å². The molecule has 1 aromatic carbocycles. The van der Waals surface area contributed by atoms with E-state index in [-0.39, 0.29) is 18.6 Å². The summed E-state index contributed by atoms with van der Waals surface area (Å²) >= 11 is 3.44. The molecule has 0 atom stereocenters. The highest BCUT2D eigenvalue weighted by Crippen LogP contribution is 2.22. The van der Waals surface area contributed by atoms with Crippen LogP contribution in [-0.4, -0.2) is 50.1 Å². The first-order chi connectivity index (χ1) is 13.7. The standard InChI is InChI=1S/C19H18BrN5O3/c20-15-4-2-1-3-14(15)19(26)25-9-5-13(6-10-25)27-12-17-23-18(24-28-17)16-11-21-7-8-22-16/h1-4,7-8,11,13H,5-6,9-10,12H2. The lowest BCUT2D eigenvalue weighted by molar-refractivity contribution is -0.00979. The third-order valence-electron chi connectivity index (χ3n) is 4.54. The molecule has 1 amide bonds. The van der Waals surface area contributed by atoms with Crippen LogP contribution >= 0.6 is 15.9 Å². The Bertz CT molecular complexity index is 942. The fourth-order valence-corrected chi connectivity index (χ4v) is 3.51. The van der Waals surface area contributed by atoms with Crippen LogP contribution in [0.1, 0.15) is 29.1 Å². The average Bonchev–Trinajstić information content (AvgIpc) is 3.22. The second-order valence-corrected chi connectivity index (χ2v) is 7.24. The molecule has 0 bridgehead atoms. The number of hydrogen-bond acceptors (Lipinski definition) is 7. The fourth-order valence-electron chi connectivity index (χ4n) is 3.05. The molecule has 1 fully saturated rings. The van der Waals surface area contributed by atoms with Gasteiger partial charge in [-0.3, -0.25) is 9.78 Å². The topological polar surface area (TPSA) is 94.2 Å². The maximum Gasteiger partial charge on any atom is 0.255 e. The first kappa shape index (κ1) is 18.7. The molecular formula is C19H18BrN5O3. The smallest absolute Gasteiger partial charge is 0.255 e. The van der Waals surface area contributed by atoms with E-state index in [1.54, 1.807) is 18.6 Å². The number of carbonyl (C=O) groups excluding carboxylic acids is 1. The van der Waals surface area contributed by atoms with Crippen molar-refractivity contribution in [2.24, 2.45) is 0 Å². The van der Waals surface area contributed by atoms with Crippen molar-refractivity contribution in [2.75, 3.05) is 13.1 Å². The number of benzene rings is 1. The summed E-state index contributed by atoms with van der Waals surface area (Å²) in [4.78, 5) is 26.9. The van der Waals surface area contributed by atoms with Gasteiger partial charge in [-0.1, -0.05) is 17.3 Å². The summed E-state index contributed by atoms with van der Waals surface area (Å²) in [7, 11) is 0. The highest BCUT2D eigenvalue weighted by atomic mass is 79.9. The molecule has 144 valence electrons. The van der Waals surface area contributed by atoms with E-state index in [0.717, 1.165) is 17.3 Å². The van der Waals surface area contributed by atoms with Gasteiger partial charge >= 0.3 is 0 Å². The van der Waals surface area contributed by atoms with E-state index in [1.807, 2.05) is 29.2 Å². The molecule has 0 spiro atoms. The van der Waals surface area contributed by atoms with Crippen molar-refractivity contribution in [3.8, 4) is 11.5 Å². The Morgan fingerprint density at radius 2 is 2.07 bits per heavy atom. The van der Waals surface area contributed by atoms with Crippen molar-refractivity contribution in [1.82, 2.24) is 25.0 Å². The number of halogens is 1. The highest BCUT2D eigenvalue weighted by Gasteiger charge is 2.25. The minimum absolute atomic E-state index is 0.0384. The lowest BCUT2D eigenvalue weighted by Crippen LogP contribution is -2.41. The molecule has 4 rings (SSSR count). The third kappa shape index (κ3) is 4.26. The fraction of sp³-hybridized carbons (Fsp3) is 0.316. The molecule has 3 heterocycles. The molecule has 3 aromatic rings. The van der Waals surface area contributed by atoms with Crippen molar-refractivity contribution >= 4 is 21.8 Å². The molecule has 9 heteroatoms. The SMILES string of the molecule is O=C(c1ccccc1Br)N1CCC(OCc2nc(-c3cnccn3)no2)CC1. The van der Waals surface area contributed by atoms with Gasteiger partial charge in [0.05, 0.1) is 17.9 Å². The number of rotatable bonds is 5. The number of amides is 1. The summed E-state index contributed by atoms with van der Waals surface area (Å²) in [6.07, 6.45) is 6.32. The molecule has 0 aliphatic carbocycles. The number of ether oxygens (including phenoxy) is 1. The predicted molar refractivity (Wildman–Crippen MR) is 103 cm³/mol. The van der Waals surface area contributed by atoms with Gasteiger partial charge in [-0.2, -0.15) is 4.98 Å². The quantitative estimate of drug-likeness (QED) is 0.597. The Hall–Kier alpha value is -2.65. The first-order valence-electron chi connectivity index (χ1n) is 8.95. The van der Waals surface area contributed by atoms with Gasteiger partial charge < -0.3 is 14.2 Å². The molecule has 1 aliphatic rings. The predicted octanol–water partition coefficient (Wildman–Crippen LogP) is 3.11. The van der Waals surface area contributed by atoms with Gasteiger partial charge in [0.2, 0.25) is 5.82 Å². The van der Waals surface area contributed by atoms with E-state index in [0.29, 0.717) is 36.1 Å². The van der Waals surface area contributed by atoms with Crippen molar-refractivity contribution in [2.45, 2.75) is 25.6 Å². The number of nitrogens with zero attached hydrogens (tertiary/aromatic N) is 5. The summed E-state index contributed by atoms with van der Waals surface area (Å²) in [6, 6.07) is 7.48. The monoisotopic (exact) mass is 443 g/mol. The maximum atomic E-state index is 12.7. The Balaban J connectivity index is 1.28. The summed E-state index contributed by atoms with van der Waals surface area (Å²) in [5.41, 5.74) is 1.24. The number of carbonyl (C=O) groups is 1. The summed E-state index contributed by atoms with van der Waals surface area (Å²) in [6.45, 7) is 1.54. The summed E-state index contributed by atoms with van der Waals surface area (Å²) < 4.78 is 11.9. The lowest BCUT2D eigenvalue weighted by Gasteiger charge is -2.32. The molecule has 8 nitrogen and oxygen atoms in total. The normalized spacial score (nSPS) is 15.0. The highest BCUT2D eigenvalue weighted by molar-refractivity contribution is 9.10.